The Bertz CT molecular complexity index is 1020. The number of carbonyl (C=O) groups is 2. The van der Waals surface area contributed by atoms with Gasteiger partial charge in [-0.1, -0.05) is 51.1 Å². The molecule has 0 saturated heterocycles. The van der Waals surface area contributed by atoms with Crippen molar-refractivity contribution in [3.8, 4) is 0 Å². The Balaban J connectivity index is 1.92. The number of nitrogens with one attached hydrogen (secondary N) is 1. The summed E-state index contributed by atoms with van der Waals surface area (Å²) in [5, 5.41) is 7.61. The summed E-state index contributed by atoms with van der Waals surface area (Å²) in [6, 6.07) is 9.35. The van der Waals surface area contributed by atoms with Gasteiger partial charge in [-0.3, -0.25) is 14.8 Å². The number of fused-ring (bicyclic) bond motifs is 1. The number of esters is 1. The van der Waals surface area contributed by atoms with Crippen LogP contribution in [0.5, 0.6) is 0 Å². The molecule has 0 saturated carbocycles. The molecule has 0 fully saturated rings. The zero-order chi connectivity index (χ0) is 21.0. The van der Waals surface area contributed by atoms with Crippen LogP contribution in [0.2, 0.25) is 0 Å². The first-order valence-corrected chi connectivity index (χ1v) is 9.51. The lowest BCUT2D eigenvalue weighted by Gasteiger charge is -2.17. The van der Waals surface area contributed by atoms with E-state index in [1.165, 1.54) is 0 Å². The van der Waals surface area contributed by atoms with E-state index < -0.39 is 5.97 Å². The molecule has 3 aromatic rings. The summed E-state index contributed by atoms with van der Waals surface area (Å²) in [4.78, 5) is 33.4. The lowest BCUT2D eigenvalue weighted by atomic mass is 9.97. The molecule has 1 aromatic carbocycles. The van der Waals surface area contributed by atoms with Crippen LogP contribution in [0.25, 0.3) is 11.0 Å². The van der Waals surface area contributed by atoms with Crippen molar-refractivity contribution in [2.45, 2.75) is 40.7 Å². The molecular formula is C21H25N5O3. The SMILES string of the molecule is CCOC(=O)c1nc(NC(=O)Cc2ccccc2)nc2nn(CC(C)(C)C)cc12. The molecule has 1 amide bonds. The van der Waals surface area contributed by atoms with Crippen molar-refractivity contribution in [3.05, 3.63) is 47.8 Å². The number of nitrogens with zero attached hydrogens (tertiary/aromatic N) is 4. The molecule has 0 aliphatic heterocycles. The highest BCUT2D eigenvalue weighted by Crippen LogP contribution is 2.21. The smallest absolute Gasteiger partial charge is 0.357 e. The van der Waals surface area contributed by atoms with E-state index in [9.17, 15) is 9.59 Å². The predicted octanol–water partition coefficient (Wildman–Crippen LogP) is 3.23. The summed E-state index contributed by atoms with van der Waals surface area (Å²) < 4.78 is 6.86. The number of aromatic nitrogens is 4. The molecule has 8 heteroatoms. The third kappa shape index (κ3) is 5.37. The van der Waals surface area contributed by atoms with Gasteiger partial charge in [0.1, 0.15) is 0 Å². The van der Waals surface area contributed by atoms with Gasteiger partial charge in [-0.2, -0.15) is 10.1 Å². The van der Waals surface area contributed by atoms with E-state index in [2.05, 4.69) is 41.2 Å². The number of anilines is 1. The van der Waals surface area contributed by atoms with Crippen molar-refractivity contribution in [2.24, 2.45) is 5.41 Å². The largest absolute Gasteiger partial charge is 0.461 e. The van der Waals surface area contributed by atoms with E-state index in [0.717, 1.165) is 5.56 Å². The fourth-order valence-electron chi connectivity index (χ4n) is 2.88. The Morgan fingerprint density at radius 3 is 2.52 bits per heavy atom. The van der Waals surface area contributed by atoms with Crippen LogP contribution in [0.4, 0.5) is 5.95 Å². The summed E-state index contributed by atoms with van der Waals surface area (Å²) in [6.45, 7) is 8.85. The van der Waals surface area contributed by atoms with Gasteiger partial charge in [0.05, 0.1) is 18.4 Å². The zero-order valence-corrected chi connectivity index (χ0v) is 17.1. The molecule has 0 unspecified atom stereocenters. The zero-order valence-electron chi connectivity index (χ0n) is 17.1. The van der Waals surface area contributed by atoms with Crippen LogP contribution in [0.1, 0.15) is 43.7 Å². The van der Waals surface area contributed by atoms with Crippen LogP contribution < -0.4 is 5.32 Å². The van der Waals surface area contributed by atoms with Gasteiger partial charge in [0.15, 0.2) is 11.3 Å². The summed E-state index contributed by atoms with van der Waals surface area (Å²) in [7, 11) is 0. The first-order valence-electron chi connectivity index (χ1n) is 9.51. The molecule has 0 aliphatic rings. The van der Waals surface area contributed by atoms with Crippen molar-refractivity contribution >= 4 is 28.9 Å². The second-order valence-corrected chi connectivity index (χ2v) is 7.95. The van der Waals surface area contributed by atoms with Crippen molar-refractivity contribution in [3.63, 3.8) is 0 Å². The van der Waals surface area contributed by atoms with Crippen LogP contribution >= 0.6 is 0 Å². The fraction of sp³-hybridized carbons (Fsp3) is 0.381. The van der Waals surface area contributed by atoms with Crippen molar-refractivity contribution < 1.29 is 14.3 Å². The lowest BCUT2D eigenvalue weighted by molar-refractivity contribution is -0.115. The first kappa shape index (κ1) is 20.4. The summed E-state index contributed by atoms with van der Waals surface area (Å²) in [5.41, 5.74) is 1.28. The highest BCUT2D eigenvalue weighted by Gasteiger charge is 2.21. The second kappa shape index (κ2) is 8.38. The number of benzene rings is 1. The van der Waals surface area contributed by atoms with Gasteiger partial charge >= 0.3 is 5.97 Å². The van der Waals surface area contributed by atoms with E-state index in [0.29, 0.717) is 17.6 Å². The Morgan fingerprint density at radius 2 is 1.86 bits per heavy atom. The number of hydrogen-bond acceptors (Lipinski definition) is 6. The van der Waals surface area contributed by atoms with E-state index in [-0.39, 0.29) is 36.0 Å². The van der Waals surface area contributed by atoms with E-state index >= 15 is 0 Å². The maximum absolute atomic E-state index is 12.4. The van der Waals surface area contributed by atoms with Crippen LogP contribution in [0.15, 0.2) is 36.5 Å². The van der Waals surface area contributed by atoms with E-state index in [1.807, 2.05) is 30.3 Å². The molecule has 152 valence electrons. The predicted molar refractivity (Wildman–Crippen MR) is 110 cm³/mol. The normalized spacial score (nSPS) is 11.4. The first-order chi connectivity index (χ1) is 13.7. The molecule has 0 bridgehead atoms. The molecule has 3 rings (SSSR count). The molecule has 2 aromatic heterocycles. The molecule has 29 heavy (non-hydrogen) atoms. The van der Waals surface area contributed by atoms with Gasteiger partial charge in [-0.25, -0.2) is 9.78 Å². The van der Waals surface area contributed by atoms with Crippen molar-refractivity contribution in [1.29, 1.82) is 0 Å². The number of hydrogen-bond donors (Lipinski definition) is 1. The van der Waals surface area contributed by atoms with Gasteiger partial charge in [-0.05, 0) is 17.9 Å². The Labute approximate surface area is 169 Å². The highest BCUT2D eigenvalue weighted by atomic mass is 16.5. The average molecular weight is 395 g/mol. The van der Waals surface area contributed by atoms with Crippen LogP contribution in [0.3, 0.4) is 0 Å². The van der Waals surface area contributed by atoms with Crippen LogP contribution in [-0.2, 0) is 22.5 Å². The molecule has 0 spiro atoms. The van der Waals surface area contributed by atoms with Gasteiger partial charge in [0.25, 0.3) is 0 Å². The van der Waals surface area contributed by atoms with E-state index in [1.54, 1.807) is 17.8 Å². The number of amides is 1. The monoisotopic (exact) mass is 395 g/mol. The molecule has 0 atom stereocenters. The van der Waals surface area contributed by atoms with Gasteiger partial charge in [0, 0.05) is 12.7 Å². The molecule has 1 N–H and O–H groups in total. The van der Waals surface area contributed by atoms with Crippen LogP contribution in [0, 0.1) is 5.41 Å². The molecular weight excluding hydrogens is 370 g/mol. The Hall–Kier alpha value is -3.29. The van der Waals surface area contributed by atoms with Gasteiger partial charge in [-0.15, -0.1) is 0 Å². The topological polar surface area (TPSA) is 99.0 Å². The van der Waals surface area contributed by atoms with Gasteiger partial charge < -0.3 is 4.74 Å². The Morgan fingerprint density at radius 1 is 1.14 bits per heavy atom. The number of rotatable bonds is 6. The van der Waals surface area contributed by atoms with Crippen molar-refractivity contribution in [1.82, 2.24) is 19.7 Å². The maximum atomic E-state index is 12.4. The minimum atomic E-state index is -0.575. The third-order valence-corrected chi connectivity index (χ3v) is 3.99. The minimum Gasteiger partial charge on any atom is -0.461 e. The fourth-order valence-corrected chi connectivity index (χ4v) is 2.88. The summed E-state index contributed by atoms with van der Waals surface area (Å²) in [5.74, 6) is -0.823. The highest BCUT2D eigenvalue weighted by molar-refractivity contribution is 6.01. The van der Waals surface area contributed by atoms with Gasteiger partial charge in [0.2, 0.25) is 11.9 Å². The minimum absolute atomic E-state index is 0.00765. The number of carbonyl (C=O) groups excluding carboxylic acids is 2. The standard InChI is InChI=1S/C21H25N5O3/c1-5-29-19(28)17-15-12-26(13-21(2,3)4)25-18(15)24-20(23-17)22-16(27)11-14-9-7-6-8-10-14/h6-10,12H,5,11,13H2,1-4H3,(H,22,24,25,27). The number of ether oxygens (including phenoxy) is 1. The molecule has 2 heterocycles. The molecule has 8 nitrogen and oxygen atoms in total. The summed E-state index contributed by atoms with van der Waals surface area (Å²) in [6.07, 6.45) is 1.91. The Kier molecular flexibility index (Phi) is 5.91. The van der Waals surface area contributed by atoms with E-state index in [4.69, 9.17) is 4.74 Å². The summed E-state index contributed by atoms with van der Waals surface area (Å²) >= 11 is 0. The second-order valence-electron chi connectivity index (χ2n) is 7.95. The van der Waals surface area contributed by atoms with Crippen molar-refractivity contribution in [2.75, 3.05) is 11.9 Å². The lowest BCUT2D eigenvalue weighted by Crippen LogP contribution is -2.18. The average Bonchev–Trinajstić information content (AvgIpc) is 3.02. The molecule has 0 radical (unpaired) electrons. The molecule has 0 aliphatic carbocycles. The third-order valence-electron chi connectivity index (χ3n) is 3.99. The maximum Gasteiger partial charge on any atom is 0.357 e. The quantitative estimate of drug-likeness (QED) is 0.644. The van der Waals surface area contributed by atoms with Crippen LogP contribution in [-0.4, -0.2) is 38.2 Å².